The number of nitrogens with zero attached hydrogens (tertiary/aromatic N) is 3. The first-order valence-corrected chi connectivity index (χ1v) is 5.20. The third-order valence-electron chi connectivity index (χ3n) is 2.02. The minimum absolute atomic E-state index is 0.491. The third kappa shape index (κ3) is 2.24. The van der Waals surface area contributed by atoms with Gasteiger partial charge in [0.05, 0.1) is 16.3 Å². The fourth-order valence-corrected chi connectivity index (χ4v) is 1.56. The maximum absolute atomic E-state index is 5.80. The van der Waals surface area contributed by atoms with Crippen LogP contribution in [0.5, 0.6) is 0 Å². The monoisotopic (exact) mass is 240 g/mol. The summed E-state index contributed by atoms with van der Waals surface area (Å²) in [5, 5.41) is 0.585. The molecule has 6 heteroatoms. The minimum atomic E-state index is 0.491. The van der Waals surface area contributed by atoms with Gasteiger partial charge in [0, 0.05) is 19.2 Å². The number of hydrogen-bond donors (Lipinski definition) is 1. The van der Waals surface area contributed by atoms with Crippen LogP contribution in [0.3, 0.4) is 0 Å². The van der Waals surface area contributed by atoms with Crippen molar-refractivity contribution in [3.63, 3.8) is 0 Å². The fourth-order valence-electron chi connectivity index (χ4n) is 1.32. The van der Waals surface area contributed by atoms with E-state index in [1.807, 2.05) is 4.57 Å². The number of thiocarbonyl (C=S) groups is 1. The van der Waals surface area contributed by atoms with Gasteiger partial charge in [-0.15, -0.1) is 0 Å². The first kappa shape index (κ1) is 10.3. The van der Waals surface area contributed by atoms with Gasteiger partial charge in [-0.3, -0.25) is 0 Å². The molecule has 0 saturated carbocycles. The Bertz CT molecular complexity index is 508. The number of nitrogens with two attached hydrogens (primary N) is 1. The Balaban J connectivity index is 2.32. The fraction of sp³-hybridized carbons (Fsp3) is 0.222. The van der Waals surface area contributed by atoms with E-state index in [0.717, 1.165) is 11.2 Å². The normalized spacial score (nSPS) is 10.7. The van der Waals surface area contributed by atoms with Crippen molar-refractivity contribution < 1.29 is 0 Å². The molecule has 0 fully saturated rings. The maximum atomic E-state index is 5.80. The molecule has 2 heterocycles. The van der Waals surface area contributed by atoms with Crippen molar-refractivity contribution in [2.75, 3.05) is 0 Å². The number of aryl methyl sites for hydroxylation is 1. The van der Waals surface area contributed by atoms with Gasteiger partial charge in [-0.25, -0.2) is 9.97 Å². The summed E-state index contributed by atoms with van der Waals surface area (Å²) in [6.07, 6.45) is 3.96. The SMILES string of the molecule is NC(=S)CCn1cnc2cc(Cl)cnc21. The Morgan fingerprint density at radius 1 is 1.53 bits per heavy atom. The number of halogens is 1. The molecule has 0 atom stereocenters. The van der Waals surface area contributed by atoms with Crippen molar-refractivity contribution in [2.24, 2.45) is 5.73 Å². The molecule has 2 rings (SSSR count). The zero-order valence-electron chi connectivity index (χ0n) is 7.85. The summed E-state index contributed by atoms with van der Waals surface area (Å²) in [6.45, 7) is 0.695. The van der Waals surface area contributed by atoms with Gasteiger partial charge in [0.2, 0.25) is 0 Å². The van der Waals surface area contributed by atoms with E-state index in [-0.39, 0.29) is 0 Å². The highest BCUT2D eigenvalue weighted by atomic mass is 35.5. The third-order valence-corrected chi connectivity index (χ3v) is 2.43. The molecule has 2 aromatic rings. The molecule has 0 aromatic carbocycles. The lowest BCUT2D eigenvalue weighted by Gasteiger charge is -2.01. The van der Waals surface area contributed by atoms with Crippen molar-refractivity contribution in [1.29, 1.82) is 0 Å². The Hall–Kier alpha value is -1.20. The minimum Gasteiger partial charge on any atom is -0.393 e. The molecular weight excluding hydrogens is 232 g/mol. The molecule has 2 aromatic heterocycles. The molecule has 0 aliphatic heterocycles. The Morgan fingerprint density at radius 2 is 2.33 bits per heavy atom. The predicted octanol–water partition coefficient (Wildman–Crippen LogP) is 1.76. The summed E-state index contributed by atoms with van der Waals surface area (Å²) in [6, 6.07) is 1.78. The molecule has 0 unspecified atom stereocenters. The molecule has 2 N–H and O–H groups in total. The van der Waals surface area contributed by atoms with Crippen LogP contribution in [0.2, 0.25) is 5.02 Å². The molecule has 0 saturated heterocycles. The zero-order valence-corrected chi connectivity index (χ0v) is 9.42. The van der Waals surface area contributed by atoms with Crippen LogP contribution in [0.25, 0.3) is 11.2 Å². The van der Waals surface area contributed by atoms with E-state index in [2.05, 4.69) is 9.97 Å². The molecule has 15 heavy (non-hydrogen) atoms. The second kappa shape index (κ2) is 4.12. The number of fused-ring (bicyclic) bond motifs is 1. The van der Waals surface area contributed by atoms with E-state index in [1.165, 1.54) is 0 Å². The van der Waals surface area contributed by atoms with Gasteiger partial charge in [0.25, 0.3) is 0 Å². The van der Waals surface area contributed by atoms with Crippen molar-refractivity contribution in [3.05, 3.63) is 23.6 Å². The first-order valence-electron chi connectivity index (χ1n) is 4.41. The van der Waals surface area contributed by atoms with Crippen LogP contribution in [0.4, 0.5) is 0 Å². The van der Waals surface area contributed by atoms with Crippen LogP contribution in [-0.2, 0) is 6.54 Å². The lowest BCUT2D eigenvalue weighted by Crippen LogP contribution is -2.11. The Morgan fingerprint density at radius 3 is 3.07 bits per heavy atom. The Kier molecular flexibility index (Phi) is 2.83. The van der Waals surface area contributed by atoms with Crippen LogP contribution >= 0.6 is 23.8 Å². The van der Waals surface area contributed by atoms with Crippen molar-refractivity contribution in [3.8, 4) is 0 Å². The van der Waals surface area contributed by atoms with Gasteiger partial charge in [0.15, 0.2) is 5.65 Å². The average Bonchev–Trinajstić information content (AvgIpc) is 2.57. The van der Waals surface area contributed by atoms with E-state index >= 15 is 0 Å². The van der Waals surface area contributed by atoms with Gasteiger partial charge >= 0.3 is 0 Å². The molecular formula is C9H9ClN4S. The quantitative estimate of drug-likeness (QED) is 0.831. The summed E-state index contributed by atoms with van der Waals surface area (Å²) in [5.41, 5.74) is 7.02. The molecule has 0 aliphatic rings. The van der Waals surface area contributed by atoms with Gasteiger partial charge in [-0.2, -0.15) is 0 Å². The second-order valence-electron chi connectivity index (χ2n) is 3.15. The van der Waals surface area contributed by atoms with Crippen LogP contribution < -0.4 is 5.73 Å². The molecule has 4 nitrogen and oxygen atoms in total. The highest BCUT2D eigenvalue weighted by molar-refractivity contribution is 7.80. The standard InChI is InChI=1S/C9H9ClN4S/c10-6-3-7-9(12-4-6)14(5-13-7)2-1-8(11)15/h3-5H,1-2H2,(H2,11,15). The smallest absolute Gasteiger partial charge is 0.159 e. The largest absolute Gasteiger partial charge is 0.393 e. The van der Waals surface area contributed by atoms with Crippen LogP contribution in [-0.4, -0.2) is 19.5 Å². The number of pyridine rings is 1. The van der Waals surface area contributed by atoms with E-state index in [0.29, 0.717) is 23.0 Å². The summed E-state index contributed by atoms with van der Waals surface area (Å²) in [4.78, 5) is 8.88. The highest BCUT2D eigenvalue weighted by Crippen LogP contribution is 2.15. The lowest BCUT2D eigenvalue weighted by molar-refractivity contribution is 0.741. The molecule has 78 valence electrons. The predicted molar refractivity (Wildman–Crippen MR) is 63.9 cm³/mol. The van der Waals surface area contributed by atoms with E-state index in [1.54, 1.807) is 18.6 Å². The van der Waals surface area contributed by atoms with E-state index in [4.69, 9.17) is 29.6 Å². The first-order chi connectivity index (χ1) is 7.16. The van der Waals surface area contributed by atoms with Crippen LogP contribution in [0, 0.1) is 0 Å². The summed E-state index contributed by atoms with van der Waals surface area (Å²) >= 11 is 10.6. The summed E-state index contributed by atoms with van der Waals surface area (Å²) in [5.74, 6) is 0. The highest BCUT2D eigenvalue weighted by Gasteiger charge is 2.04. The molecule has 0 spiro atoms. The summed E-state index contributed by atoms with van der Waals surface area (Å²) in [7, 11) is 0. The van der Waals surface area contributed by atoms with Crippen molar-refractivity contribution in [1.82, 2.24) is 14.5 Å². The van der Waals surface area contributed by atoms with Gasteiger partial charge in [0.1, 0.15) is 5.52 Å². The number of imidazole rings is 1. The lowest BCUT2D eigenvalue weighted by atomic mass is 10.4. The van der Waals surface area contributed by atoms with E-state index in [9.17, 15) is 0 Å². The number of aromatic nitrogens is 3. The van der Waals surface area contributed by atoms with Crippen molar-refractivity contribution in [2.45, 2.75) is 13.0 Å². The van der Waals surface area contributed by atoms with Gasteiger partial charge in [-0.05, 0) is 6.07 Å². The zero-order chi connectivity index (χ0) is 10.8. The summed E-state index contributed by atoms with van der Waals surface area (Å²) < 4.78 is 1.91. The van der Waals surface area contributed by atoms with Crippen molar-refractivity contribution >= 4 is 40.0 Å². The maximum Gasteiger partial charge on any atom is 0.159 e. The van der Waals surface area contributed by atoms with Crippen LogP contribution in [0.1, 0.15) is 6.42 Å². The van der Waals surface area contributed by atoms with Gasteiger partial charge < -0.3 is 10.3 Å². The second-order valence-corrected chi connectivity index (χ2v) is 4.11. The molecule has 0 aliphatic carbocycles. The Labute approximate surface area is 97.1 Å². The molecule has 0 amide bonds. The number of hydrogen-bond acceptors (Lipinski definition) is 3. The molecule has 0 radical (unpaired) electrons. The topological polar surface area (TPSA) is 56.7 Å². The van der Waals surface area contributed by atoms with Crippen LogP contribution in [0.15, 0.2) is 18.6 Å². The van der Waals surface area contributed by atoms with E-state index < -0.39 is 0 Å². The average molecular weight is 241 g/mol. The number of rotatable bonds is 3. The molecule has 0 bridgehead atoms. The van der Waals surface area contributed by atoms with Gasteiger partial charge in [-0.1, -0.05) is 23.8 Å².